The quantitative estimate of drug-likeness (QED) is 0.748. The first kappa shape index (κ1) is 7.49. The number of halogens is 1. The summed E-state index contributed by atoms with van der Waals surface area (Å²) in [5, 5.41) is 7.62. The lowest BCUT2D eigenvalue weighted by molar-refractivity contribution is 0.800. The van der Waals surface area contributed by atoms with E-state index in [1.807, 2.05) is 24.3 Å². The van der Waals surface area contributed by atoms with Gasteiger partial charge in [0.15, 0.2) is 0 Å². The van der Waals surface area contributed by atoms with E-state index >= 15 is 0 Å². The number of nitrogens with zero attached hydrogens (tertiary/aromatic N) is 3. The summed E-state index contributed by atoms with van der Waals surface area (Å²) in [5.74, 6) is 0. The normalized spacial score (nSPS) is 10.1. The molecule has 0 amide bonds. The van der Waals surface area contributed by atoms with Crippen LogP contribution in [-0.2, 0) is 0 Å². The van der Waals surface area contributed by atoms with Crippen molar-refractivity contribution in [3.8, 4) is 5.69 Å². The van der Waals surface area contributed by atoms with Crippen molar-refractivity contribution in [2.45, 2.75) is 0 Å². The fraction of sp³-hybridized carbons (Fsp3) is 0. The molecule has 2 rings (SSSR count). The molecule has 0 saturated heterocycles. The van der Waals surface area contributed by atoms with Gasteiger partial charge in [-0.3, -0.25) is 0 Å². The van der Waals surface area contributed by atoms with Gasteiger partial charge in [0.2, 0.25) is 0 Å². The Morgan fingerprint density at radius 3 is 2.83 bits per heavy atom. The maximum absolute atomic E-state index is 3.88. The van der Waals surface area contributed by atoms with Crippen LogP contribution in [0.3, 0.4) is 0 Å². The number of para-hydroxylation sites is 1. The van der Waals surface area contributed by atoms with E-state index in [9.17, 15) is 0 Å². The third-order valence-electron chi connectivity index (χ3n) is 1.52. The van der Waals surface area contributed by atoms with Crippen LogP contribution < -0.4 is 0 Å². The van der Waals surface area contributed by atoms with Gasteiger partial charge in [-0.25, -0.2) is 4.68 Å². The van der Waals surface area contributed by atoms with E-state index in [-0.39, 0.29) is 1.43 Å². The largest absolute Gasteiger partial charge is 0.220 e. The first-order chi connectivity index (χ1) is 5.88. The predicted molar refractivity (Wildman–Crippen MR) is 51.2 cm³/mol. The lowest BCUT2D eigenvalue weighted by Crippen LogP contribution is -1.95. The van der Waals surface area contributed by atoms with E-state index in [0.29, 0.717) is 0 Å². The van der Waals surface area contributed by atoms with Crippen molar-refractivity contribution in [3.63, 3.8) is 0 Å². The Balaban J connectivity index is 0.000000845. The lowest BCUT2D eigenvalue weighted by atomic mass is 10.3. The highest BCUT2D eigenvalue weighted by atomic mass is 79.9. The molecule has 0 bridgehead atoms. The van der Waals surface area contributed by atoms with Gasteiger partial charge in [0, 0.05) is 5.90 Å². The number of hydrogen-bond acceptors (Lipinski definition) is 2. The van der Waals surface area contributed by atoms with E-state index in [4.69, 9.17) is 0 Å². The summed E-state index contributed by atoms with van der Waals surface area (Å²) in [5.41, 5.74) is 0.995. The number of benzene rings is 1. The van der Waals surface area contributed by atoms with Crippen LogP contribution in [0.1, 0.15) is 1.43 Å². The smallest absolute Gasteiger partial charge is 0.0805 e. The average Bonchev–Trinajstić information content (AvgIpc) is 2.57. The molecular formula is C8H8BrN3. The van der Waals surface area contributed by atoms with Gasteiger partial charge < -0.3 is 0 Å². The van der Waals surface area contributed by atoms with E-state index in [1.165, 1.54) is 0 Å². The van der Waals surface area contributed by atoms with Crippen molar-refractivity contribution in [2.75, 3.05) is 0 Å². The summed E-state index contributed by atoms with van der Waals surface area (Å²) in [6, 6.07) is 7.86. The van der Waals surface area contributed by atoms with Crippen LogP contribution in [0.25, 0.3) is 5.69 Å². The predicted octanol–water partition coefficient (Wildman–Crippen LogP) is 2.28. The first-order valence-corrected chi connectivity index (χ1v) is 4.28. The molecule has 1 aromatic carbocycles. The molecule has 1 heterocycles. The number of aromatic nitrogens is 3. The minimum Gasteiger partial charge on any atom is -0.220 e. The Bertz CT molecular complexity index is 375. The summed E-state index contributed by atoms with van der Waals surface area (Å²) in [6.07, 6.45) is 3.46. The molecule has 2 aromatic rings. The van der Waals surface area contributed by atoms with Gasteiger partial charge in [-0.05, 0) is 28.1 Å². The Morgan fingerprint density at radius 2 is 2.17 bits per heavy atom. The summed E-state index contributed by atoms with van der Waals surface area (Å²) >= 11 is 3.43. The Hall–Kier alpha value is -1.16. The van der Waals surface area contributed by atoms with Crippen LogP contribution in [-0.4, -0.2) is 15.0 Å². The van der Waals surface area contributed by atoms with Crippen molar-refractivity contribution < 1.29 is 1.43 Å². The second-order valence-corrected chi connectivity index (χ2v) is 3.15. The monoisotopic (exact) mass is 226 g/mol. The molecule has 4 heteroatoms. The van der Waals surface area contributed by atoms with Gasteiger partial charge in [-0.15, -0.1) is 5.10 Å². The van der Waals surface area contributed by atoms with Crippen LogP contribution in [0.2, 0.25) is 0 Å². The summed E-state index contributed by atoms with van der Waals surface area (Å²) in [4.78, 5) is 0. The molecule has 0 aliphatic rings. The fourth-order valence-electron chi connectivity index (χ4n) is 0.974. The maximum atomic E-state index is 3.88. The number of hydrogen-bond donors (Lipinski definition) is 0. The van der Waals surface area contributed by atoms with Crippen molar-refractivity contribution in [2.24, 2.45) is 0 Å². The molecule has 0 aliphatic carbocycles. The zero-order chi connectivity index (χ0) is 8.39. The molecule has 0 saturated carbocycles. The maximum Gasteiger partial charge on any atom is 0.0805 e. The molecule has 0 aliphatic heterocycles. The number of rotatable bonds is 1. The third kappa shape index (κ3) is 1.25. The summed E-state index contributed by atoms with van der Waals surface area (Å²) in [7, 11) is 0. The van der Waals surface area contributed by atoms with E-state index in [2.05, 4.69) is 26.2 Å². The van der Waals surface area contributed by atoms with Gasteiger partial charge in [-0.1, -0.05) is 17.3 Å². The van der Waals surface area contributed by atoms with Crippen LogP contribution in [0, 0.1) is 0 Å². The van der Waals surface area contributed by atoms with E-state index in [1.54, 1.807) is 17.1 Å². The molecule has 12 heavy (non-hydrogen) atoms. The minimum atomic E-state index is 0. The van der Waals surface area contributed by atoms with E-state index < -0.39 is 0 Å². The van der Waals surface area contributed by atoms with Crippen molar-refractivity contribution in [1.82, 2.24) is 15.0 Å². The second-order valence-electron chi connectivity index (χ2n) is 2.30. The molecule has 62 valence electrons. The highest BCUT2D eigenvalue weighted by Crippen LogP contribution is 2.18. The molecule has 0 radical (unpaired) electrons. The van der Waals surface area contributed by atoms with Crippen LogP contribution in [0.4, 0.5) is 0 Å². The topological polar surface area (TPSA) is 30.7 Å². The highest BCUT2D eigenvalue weighted by Gasteiger charge is 1.99. The van der Waals surface area contributed by atoms with Gasteiger partial charge in [0.05, 0.1) is 18.1 Å². The summed E-state index contributed by atoms with van der Waals surface area (Å²) in [6.45, 7) is 0. The van der Waals surface area contributed by atoms with Crippen LogP contribution >= 0.6 is 15.9 Å². The fourth-order valence-corrected chi connectivity index (χ4v) is 1.44. The van der Waals surface area contributed by atoms with Crippen LogP contribution in [0.15, 0.2) is 41.1 Å². The van der Waals surface area contributed by atoms with Crippen molar-refractivity contribution in [3.05, 3.63) is 41.1 Å². The van der Waals surface area contributed by atoms with E-state index in [0.717, 1.165) is 10.2 Å². The van der Waals surface area contributed by atoms with Crippen molar-refractivity contribution in [1.29, 1.82) is 0 Å². The molecule has 0 unspecified atom stereocenters. The average molecular weight is 227 g/mol. The molecule has 1 aromatic heterocycles. The minimum absolute atomic E-state index is 0. The van der Waals surface area contributed by atoms with Gasteiger partial charge >= 0.3 is 0 Å². The molecule has 0 spiro atoms. The highest BCUT2D eigenvalue weighted by molar-refractivity contribution is 9.10. The third-order valence-corrected chi connectivity index (χ3v) is 2.19. The zero-order valence-corrected chi connectivity index (χ0v) is 7.77. The SMILES string of the molecule is Brc1ccccc1-n1ccnn1.[2HH]. The first-order valence-electron chi connectivity index (χ1n) is 3.49. The Morgan fingerprint density at radius 1 is 1.33 bits per heavy atom. The molecule has 3 nitrogen and oxygen atoms in total. The lowest BCUT2D eigenvalue weighted by Gasteiger charge is -2.01. The molecule has 0 N–H and O–H groups in total. The Kier molecular flexibility index (Phi) is 1.91. The van der Waals surface area contributed by atoms with Gasteiger partial charge in [-0.2, -0.15) is 0 Å². The zero-order valence-electron chi connectivity index (χ0n) is 6.18. The second kappa shape index (κ2) is 3.06. The van der Waals surface area contributed by atoms with Crippen LogP contribution in [0.5, 0.6) is 0 Å². The van der Waals surface area contributed by atoms with Gasteiger partial charge in [0.1, 0.15) is 0 Å². The Labute approximate surface area is 79.6 Å². The summed E-state index contributed by atoms with van der Waals surface area (Å²) < 4.78 is 2.72. The standard InChI is InChI=1S/C8H6BrN3.H2/c9-7-3-1-2-4-8(7)12-6-5-10-11-12;/h1-6H;1H/i;1+1. The molecule has 0 atom stereocenters. The van der Waals surface area contributed by atoms with Gasteiger partial charge in [0.25, 0.3) is 0 Å². The molecular weight excluding hydrogens is 218 g/mol. The molecule has 0 fully saturated rings. The van der Waals surface area contributed by atoms with Crippen molar-refractivity contribution >= 4 is 15.9 Å².